The fourth-order valence-electron chi connectivity index (χ4n) is 3.82. The van der Waals surface area contributed by atoms with E-state index in [9.17, 15) is 0 Å². The van der Waals surface area contributed by atoms with Gasteiger partial charge in [0.2, 0.25) is 0 Å². The van der Waals surface area contributed by atoms with Crippen molar-refractivity contribution in [1.29, 1.82) is 0 Å². The van der Waals surface area contributed by atoms with Gasteiger partial charge in [-0.3, -0.25) is 0 Å². The minimum atomic E-state index is -1.63. The fraction of sp³-hybridized carbons (Fsp3) is 0.778. The quantitative estimate of drug-likeness (QED) is 0.466. The van der Waals surface area contributed by atoms with Crippen molar-refractivity contribution in [2.45, 2.75) is 78.1 Å². The van der Waals surface area contributed by atoms with Gasteiger partial charge in [0.1, 0.15) is 0 Å². The topological polar surface area (TPSA) is 9.23 Å². The third-order valence-electron chi connectivity index (χ3n) is 6.11. The Hall–Kier alpha value is -0.343. The van der Waals surface area contributed by atoms with Gasteiger partial charge in [-0.2, -0.15) is 0 Å². The molecule has 1 unspecified atom stereocenters. The molecule has 0 N–H and O–H groups in total. The van der Waals surface area contributed by atoms with Crippen molar-refractivity contribution < 1.29 is 4.43 Å². The number of hydrogen-bond acceptors (Lipinski definition) is 1. The summed E-state index contributed by atoms with van der Waals surface area (Å²) < 4.78 is 6.62. The zero-order valence-corrected chi connectivity index (χ0v) is 15.5. The van der Waals surface area contributed by atoms with Crippen LogP contribution >= 0.6 is 0 Å². The summed E-state index contributed by atoms with van der Waals surface area (Å²) in [7, 11) is -1.63. The molecule has 1 nitrogen and oxygen atoms in total. The van der Waals surface area contributed by atoms with Crippen LogP contribution in [0.1, 0.15) is 53.9 Å². The van der Waals surface area contributed by atoms with E-state index >= 15 is 0 Å². The lowest BCUT2D eigenvalue weighted by Crippen LogP contribution is -2.67. The molecule has 0 amide bonds. The molecule has 0 aliphatic heterocycles. The Morgan fingerprint density at radius 1 is 1.25 bits per heavy atom. The standard InChI is InChI=1S/C18H32OSi/c1-9-14(2)10-17-11-18(12-17,13-17)15(3)19-20(7,8)16(4,5)6/h9-10,15H,1,11-13H2,2-8H3/b14-10+. The Labute approximate surface area is 126 Å². The highest BCUT2D eigenvalue weighted by Crippen LogP contribution is 2.76. The molecule has 3 aliphatic rings. The molecule has 0 heterocycles. The molecule has 0 spiro atoms. The van der Waals surface area contributed by atoms with E-state index in [1.54, 1.807) is 0 Å². The van der Waals surface area contributed by atoms with Gasteiger partial charge in [0.05, 0.1) is 0 Å². The van der Waals surface area contributed by atoms with Crippen molar-refractivity contribution in [1.82, 2.24) is 0 Å². The summed E-state index contributed by atoms with van der Waals surface area (Å²) >= 11 is 0. The average molecular weight is 293 g/mol. The molecule has 0 aromatic rings. The van der Waals surface area contributed by atoms with Crippen molar-refractivity contribution >= 4 is 8.32 Å². The molecule has 114 valence electrons. The van der Waals surface area contributed by atoms with Gasteiger partial charge in [0.25, 0.3) is 0 Å². The highest BCUT2D eigenvalue weighted by Gasteiger charge is 2.69. The lowest BCUT2D eigenvalue weighted by atomic mass is 9.33. The average Bonchev–Trinajstić information content (AvgIpc) is 2.18. The largest absolute Gasteiger partial charge is 0.414 e. The predicted molar refractivity (Wildman–Crippen MR) is 90.4 cm³/mol. The van der Waals surface area contributed by atoms with E-state index < -0.39 is 8.32 Å². The van der Waals surface area contributed by atoms with Crippen molar-refractivity contribution in [3.8, 4) is 0 Å². The van der Waals surface area contributed by atoms with Gasteiger partial charge in [0, 0.05) is 6.10 Å². The van der Waals surface area contributed by atoms with Crippen molar-refractivity contribution in [3.05, 3.63) is 24.3 Å². The van der Waals surface area contributed by atoms with Crippen LogP contribution in [0.2, 0.25) is 18.1 Å². The van der Waals surface area contributed by atoms with Crippen LogP contribution in [0.15, 0.2) is 24.3 Å². The zero-order valence-electron chi connectivity index (χ0n) is 14.5. The molecular formula is C18H32OSi. The first-order valence-corrected chi connectivity index (χ1v) is 10.9. The molecular weight excluding hydrogens is 260 g/mol. The second-order valence-electron chi connectivity index (χ2n) is 8.87. The first-order valence-electron chi connectivity index (χ1n) is 7.95. The predicted octanol–water partition coefficient (Wildman–Crippen LogP) is 5.70. The van der Waals surface area contributed by atoms with Crippen LogP contribution in [0.25, 0.3) is 0 Å². The lowest BCUT2D eigenvalue weighted by molar-refractivity contribution is -0.219. The van der Waals surface area contributed by atoms with Gasteiger partial charge in [-0.05, 0) is 62.1 Å². The van der Waals surface area contributed by atoms with Crippen LogP contribution in [0.3, 0.4) is 0 Å². The van der Waals surface area contributed by atoms with Gasteiger partial charge < -0.3 is 4.43 Å². The fourth-order valence-corrected chi connectivity index (χ4v) is 5.31. The Bertz CT molecular complexity index is 419. The number of allylic oxidation sites excluding steroid dienone is 3. The molecule has 3 saturated carbocycles. The lowest BCUT2D eigenvalue weighted by Gasteiger charge is -2.72. The Morgan fingerprint density at radius 2 is 1.75 bits per heavy atom. The van der Waals surface area contributed by atoms with Crippen LogP contribution in [-0.4, -0.2) is 14.4 Å². The first-order chi connectivity index (χ1) is 8.95. The van der Waals surface area contributed by atoms with Gasteiger partial charge in [-0.25, -0.2) is 0 Å². The zero-order chi connectivity index (χ0) is 15.4. The molecule has 3 rings (SSSR count). The van der Waals surface area contributed by atoms with E-state index in [4.69, 9.17) is 4.43 Å². The van der Waals surface area contributed by atoms with E-state index in [2.05, 4.69) is 60.4 Å². The molecule has 0 radical (unpaired) electrons. The van der Waals surface area contributed by atoms with Crippen molar-refractivity contribution in [3.63, 3.8) is 0 Å². The SMILES string of the molecule is C=C/C(C)=C/C12CC(C(C)O[Si](C)(C)C(C)(C)C)(C1)C2. The summed E-state index contributed by atoms with van der Waals surface area (Å²) in [5.41, 5.74) is 2.30. The third kappa shape index (κ3) is 2.46. The van der Waals surface area contributed by atoms with Crippen LogP contribution in [-0.2, 0) is 4.43 Å². The maximum absolute atomic E-state index is 6.62. The Balaban J connectivity index is 1.96. The summed E-state index contributed by atoms with van der Waals surface area (Å²) in [5.74, 6) is 0. The second kappa shape index (κ2) is 4.57. The molecule has 20 heavy (non-hydrogen) atoms. The van der Waals surface area contributed by atoms with Crippen LogP contribution in [0.5, 0.6) is 0 Å². The maximum Gasteiger partial charge on any atom is 0.192 e. The summed E-state index contributed by atoms with van der Waals surface area (Å²) in [6, 6.07) is 0. The minimum Gasteiger partial charge on any atom is -0.414 e. The Morgan fingerprint density at radius 3 is 2.15 bits per heavy atom. The second-order valence-corrected chi connectivity index (χ2v) is 13.6. The molecule has 0 aromatic carbocycles. The summed E-state index contributed by atoms with van der Waals surface area (Å²) in [6.45, 7) is 20.0. The normalized spacial score (nSPS) is 35.0. The van der Waals surface area contributed by atoms with Crippen molar-refractivity contribution in [2.75, 3.05) is 0 Å². The van der Waals surface area contributed by atoms with E-state index in [1.807, 2.05) is 6.08 Å². The Kier molecular flexibility index (Phi) is 3.67. The van der Waals surface area contributed by atoms with E-state index in [-0.39, 0.29) is 0 Å². The van der Waals surface area contributed by atoms with Crippen LogP contribution < -0.4 is 0 Å². The molecule has 1 atom stereocenters. The minimum absolute atomic E-state index is 0.307. The number of rotatable bonds is 5. The van der Waals surface area contributed by atoms with E-state index in [0.29, 0.717) is 22.0 Å². The molecule has 0 saturated heterocycles. The van der Waals surface area contributed by atoms with Crippen LogP contribution in [0, 0.1) is 10.8 Å². The summed E-state index contributed by atoms with van der Waals surface area (Å²) in [5, 5.41) is 0.307. The maximum atomic E-state index is 6.62. The monoisotopic (exact) mass is 292 g/mol. The molecule has 2 heteroatoms. The van der Waals surface area contributed by atoms with Gasteiger partial charge >= 0.3 is 0 Å². The van der Waals surface area contributed by atoms with Crippen molar-refractivity contribution in [2.24, 2.45) is 10.8 Å². The molecule has 2 bridgehead atoms. The first kappa shape index (κ1) is 16.0. The highest BCUT2D eigenvalue weighted by molar-refractivity contribution is 6.74. The molecule has 0 aromatic heterocycles. The molecule has 3 fully saturated rings. The van der Waals surface area contributed by atoms with E-state index in [0.717, 1.165) is 0 Å². The van der Waals surface area contributed by atoms with E-state index in [1.165, 1.54) is 24.8 Å². The summed E-state index contributed by atoms with van der Waals surface area (Å²) in [6.07, 6.45) is 8.80. The molecule has 3 aliphatic carbocycles. The van der Waals surface area contributed by atoms with Gasteiger partial charge in [-0.15, -0.1) is 0 Å². The highest BCUT2D eigenvalue weighted by atomic mass is 28.4. The van der Waals surface area contributed by atoms with Crippen LogP contribution in [0.4, 0.5) is 0 Å². The summed E-state index contributed by atoms with van der Waals surface area (Å²) in [4.78, 5) is 0. The third-order valence-corrected chi connectivity index (χ3v) is 10.7. The van der Waals surface area contributed by atoms with Gasteiger partial charge in [0.15, 0.2) is 8.32 Å². The van der Waals surface area contributed by atoms with Gasteiger partial charge in [-0.1, -0.05) is 45.1 Å². The smallest absolute Gasteiger partial charge is 0.192 e. The number of hydrogen-bond donors (Lipinski definition) is 0.